The van der Waals surface area contributed by atoms with Crippen LogP contribution in [0.3, 0.4) is 0 Å². The fourth-order valence-electron chi connectivity index (χ4n) is 3.70. The molecular formula is C21H17F5N2O2. The number of hydrogen-bond donors (Lipinski definition) is 1. The van der Waals surface area contributed by atoms with Gasteiger partial charge >= 0.3 is 6.18 Å². The molecule has 1 saturated heterocycles. The molecule has 9 heteroatoms. The van der Waals surface area contributed by atoms with Gasteiger partial charge in [0.15, 0.2) is 23.0 Å². The summed E-state index contributed by atoms with van der Waals surface area (Å²) in [5, 5.41) is 0.516. The Balaban J connectivity index is 1.78. The lowest BCUT2D eigenvalue weighted by Crippen LogP contribution is -2.36. The van der Waals surface area contributed by atoms with Crippen LogP contribution < -0.4 is 10.5 Å². The number of fused-ring (bicyclic) bond motifs is 1. The van der Waals surface area contributed by atoms with Crippen LogP contribution in [0, 0.1) is 18.6 Å². The van der Waals surface area contributed by atoms with Crippen LogP contribution in [0.25, 0.3) is 10.9 Å². The van der Waals surface area contributed by atoms with Gasteiger partial charge in [0.25, 0.3) is 0 Å². The average molecular weight is 424 g/mol. The smallest absolute Gasteiger partial charge is 0.420 e. The Hall–Kier alpha value is -2.94. The zero-order valence-corrected chi connectivity index (χ0v) is 16.0. The molecule has 2 N–H and O–H groups in total. The van der Waals surface area contributed by atoms with Crippen LogP contribution >= 0.6 is 0 Å². The molecule has 0 aliphatic carbocycles. The van der Waals surface area contributed by atoms with Crippen molar-refractivity contribution in [2.24, 2.45) is 0 Å². The minimum Gasteiger partial charge on any atom is -0.491 e. The van der Waals surface area contributed by atoms with Crippen molar-refractivity contribution in [3.8, 4) is 5.75 Å². The molecule has 0 bridgehead atoms. The van der Waals surface area contributed by atoms with Crippen LogP contribution in [-0.2, 0) is 11.2 Å². The molecule has 2 aromatic carbocycles. The number of alkyl halides is 3. The van der Waals surface area contributed by atoms with Crippen molar-refractivity contribution in [2.45, 2.75) is 31.2 Å². The zero-order chi connectivity index (χ0) is 21.8. The molecule has 2 heterocycles. The highest BCUT2D eigenvalue weighted by molar-refractivity contribution is 5.90. The first-order chi connectivity index (χ1) is 14.1. The van der Waals surface area contributed by atoms with Gasteiger partial charge in [-0.05, 0) is 36.8 Å². The summed E-state index contributed by atoms with van der Waals surface area (Å²) in [5.41, 5.74) is 4.43. The van der Waals surface area contributed by atoms with Crippen molar-refractivity contribution in [3.05, 3.63) is 64.9 Å². The highest BCUT2D eigenvalue weighted by Crippen LogP contribution is 2.61. The number of rotatable bonds is 4. The van der Waals surface area contributed by atoms with E-state index in [-0.39, 0.29) is 5.56 Å². The van der Waals surface area contributed by atoms with Gasteiger partial charge in [-0.2, -0.15) is 13.2 Å². The Morgan fingerprint density at radius 1 is 1.20 bits per heavy atom. The first-order valence-corrected chi connectivity index (χ1v) is 9.00. The average Bonchev–Trinajstić information content (AvgIpc) is 3.39. The zero-order valence-electron chi connectivity index (χ0n) is 16.0. The quantitative estimate of drug-likeness (QED) is 0.363. The molecule has 2 unspecified atom stereocenters. The number of nitrogen functional groups attached to an aromatic ring is 1. The van der Waals surface area contributed by atoms with Crippen LogP contribution in [0.4, 0.5) is 27.6 Å². The van der Waals surface area contributed by atoms with Crippen molar-refractivity contribution in [2.75, 3.05) is 12.8 Å². The number of nitrogens with two attached hydrogens (primary N) is 1. The van der Waals surface area contributed by atoms with E-state index in [2.05, 4.69) is 9.72 Å². The fourth-order valence-corrected chi connectivity index (χ4v) is 3.70. The van der Waals surface area contributed by atoms with E-state index >= 15 is 0 Å². The lowest BCUT2D eigenvalue weighted by Gasteiger charge is -2.19. The van der Waals surface area contributed by atoms with Crippen molar-refractivity contribution < 1.29 is 31.4 Å². The van der Waals surface area contributed by atoms with Gasteiger partial charge in [-0.3, -0.25) is 4.98 Å². The van der Waals surface area contributed by atoms with Gasteiger partial charge in [-0.1, -0.05) is 12.1 Å². The highest BCUT2D eigenvalue weighted by Gasteiger charge is 2.74. The van der Waals surface area contributed by atoms with Gasteiger partial charge in [0.05, 0.1) is 12.6 Å². The van der Waals surface area contributed by atoms with Gasteiger partial charge in [0.1, 0.15) is 6.10 Å². The summed E-state index contributed by atoms with van der Waals surface area (Å²) in [7, 11) is 1.03. The Bertz CT molecular complexity index is 1150. The molecule has 0 spiro atoms. The number of halogens is 5. The van der Waals surface area contributed by atoms with E-state index in [0.29, 0.717) is 22.3 Å². The number of aromatic nitrogens is 1. The standard InChI is InChI=1S/C21H17F5N2O2/c1-10-11(8-13-15(27)4-3-5-16(13)28-10)9-20(21(24,25)26)19(30-20)12-6-7-14(22)18(29-2)17(12)23/h3-8,19H,9,27H2,1-2H3. The van der Waals surface area contributed by atoms with Crippen molar-refractivity contribution >= 4 is 16.6 Å². The number of aryl methyl sites for hydroxylation is 1. The second-order valence-electron chi connectivity index (χ2n) is 7.19. The molecule has 2 atom stereocenters. The van der Waals surface area contributed by atoms with E-state index < -0.39 is 47.2 Å². The number of hydrogen-bond acceptors (Lipinski definition) is 4. The van der Waals surface area contributed by atoms with Crippen LogP contribution in [0.5, 0.6) is 5.75 Å². The predicted octanol–water partition coefficient (Wildman–Crippen LogP) is 5.03. The lowest BCUT2D eigenvalue weighted by atomic mass is 9.90. The van der Waals surface area contributed by atoms with Crippen molar-refractivity contribution in [3.63, 3.8) is 0 Å². The molecule has 1 fully saturated rings. The van der Waals surface area contributed by atoms with Gasteiger partial charge in [0.2, 0.25) is 0 Å². The molecule has 1 aliphatic heterocycles. The highest BCUT2D eigenvalue weighted by atomic mass is 19.4. The van der Waals surface area contributed by atoms with E-state index in [1.807, 2.05) is 0 Å². The molecule has 4 rings (SSSR count). The number of ether oxygens (including phenoxy) is 2. The third kappa shape index (κ3) is 3.04. The molecule has 4 nitrogen and oxygen atoms in total. The fraction of sp³-hybridized carbons (Fsp3) is 0.286. The number of anilines is 1. The normalized spacial score (nSPS) is 21.1. The molecule has 1 aliphatic rings. The number of methoxy groups -OCH3 is 1. The Kier molecular flexibility index (Phi) is 4.61. The number of nitrogens with zero attached hydrogens (tertiary/aromatic N) is 1. The first kappa shape index (κ1) is 20.3. The number of pyridine rings is 1. The maximum atomic E-state index is 14.6. The maximum absolute atomic E-state index is 14.6. The van der Waals surface area contributed by atoms with Gasteiger partial charge in [0, 0.05) is 28.8 Å². The predicted molar refractivity (Wildman–Crippen MR) is 100 cm³/mol. The third-order valence-electron chi connectivity index (χ3n) is 5.38. The topological polar surface area (TPSA) is 60.7 Å². The molecule has 3 aromatic rings. The Labute approximate surface area is 168 Å². The molecule has 0 radical (unpaired) electrons. The minimum absolute atomic E-state index is 0.273. The van der Waals surface area contributed by atoms with Crippen molar-refractivity contribution in [1.29, 1.82) is 0 Å². The van der Waals surface area contributed by atoms with Gasteiger partial charge in [-0.25, -0.2) is 8.78 Å². The molecule has 0 amide bonds. The number of epoxide rings is 1. The summed E-state index contributed by atoms with van der Waals surface area (Å²) in [4.78, 5) is 4.34. The molecule has 1 aromatic heterocycles. The Morgan fingerprint density at radius 2 is 1.93 bits per heavy atom. The first-order valence-electron chi connectivity index (χ1n) is 9.00. The summed E-state index contributed by atoms with van der Waals surface area (Å²) in [6, 6.07) is 8.36. The van der Waals surface area contributed by atoms with E-state index in [1.165, 1.54) is 0 Å². The largest absolute Gasteiger partial charge is 0.491 e. The second kappa shape index (κ2) is 6.80. The van der Waals surface area contributed by atoms with E-state index in [4.69, 9.17) is 10.5 Å². The molecule has 30 heavy (non-hydrogen) atoms. The maximum Gasteiger partial charge on any atom is 0.420 e. The van der Waals surface area contributed by atoms with Crippen LogP contribution in [-0.4, -0.2) is 23.9 Å². The summed E-state index contributed by atoms with van der Waals surface area (Å²) < 4.78 is 80.1. The summed E-state index contributed by atoms with van der Waals surface area (Å²) in [5.74, 6) is -2.98. The number of benzene rings is 2. The molecule has 0 saturated carbocycles. The second-order valence-corrected chi connectivity index (χ2v) is 7.19. The minimum atomic E-state index is -4.81. The van der Waals surface area contributed by atoms with E-state index in [0.717, 1.165) is 19.2 Å². The van der Waals surface area contributed by atoms with Crippen LogP contribution in [0.1, 0.15) is 22.9 Å². The molecule has 158 valence electrons. The summed E-state index contributed by atoms with van der Waals surface area (Å²) >= 11 is 0. The van der Waals surface area contributed by atoms with Crippen LogP contribution in [0.2, 0.25) is 0 Å². The molecular weight excluding hydrogens is 407 g/mol. The lowest BCUT2D eigenvalue weighted by molar-refractivity contribution is -0.183. The van der Waals surface area contributed by atoms with Gasteiger partial charge < -0.3 is 15.2 Å². The SMILES string of the molecule is COc1c(F)ccc(C2OC2(Cc2cc3c(N)cccc3nc2C)C(F)(F)F)c1F. The van der Waals surface area contributed by atoms with E-state index in [9.17, 15) is 22.0 Å². The van der Waals surface area contributed by atoms with E-state index in [1.54, 1.807) is 31.2 Å². The van der Waals surface area contributed by atoms with Gasteiger partial charge in [-0.15, -0.1) is 0 Å². The summed E-state index contributed by atoms with van der Waals surface area (Å²) in [6.45, 7) is 1.58. The Morgan fingerprint density at radius 3 is 2.60 bits per heavy atom. The third-order valence-corrected chi connectivity index (χ3v) is 5.38. The monoisotopic (exact) mass is 424 g/mol. The summed E-state index contributed by atoms with van der Waals surface area (Å²) in [6.07, 6.45) is -7.05. The van der Waals surface area contributed by atoms with Crippen molar-refractivity contribution in [1.82, 2.24) is 4.98 Å². The van der Waals surface area contributed by atoms with Crippen LogP contribution in [0.15, 0.2) is 36.4 Å².